The van der Waals surface area contributed by atoms with E-state index >= 15 is 0 Å². The number of allylic oxidation sites excluding steroid dienone is 11. The third-order valence-electron chi connectivity index (χ3n) is 6.60. The molecule has 1 heteroatoms. The monoisotopic (exact) mass is 287 g/mol. The Morgan fingerprint density at radius 3 is 2.23 bits per heavy atom. The van der Waals surface area contributed by atoms with E-state index in [1.807, 2.05) is 0 Å². The SMILES string of the molecule is C[C@@]12C3=CCC=C1C1=C(N=CCC1)C1=CCC=C(C=C3)[C@]12C. The van der Waals surface area contributed by atoms with Crippen molar-refractivity contribution in [3.05, 3.63) is 70.0 Å². The van der Waals surface area contributed by atoms with E-state index in [1.54, 1.807) is 5.57 Å². The lowest BCUT2D eigenvalue weighted by Gasteiger charge is -2.59. The topological polar surface area (TPSA) is 12.4 Å². The number of fused-ring (bicyclic) bond motifs is 2. The zero-order valence-electron chi connectivity index (χ0n) is 13.3. The summed E-state index contributed by atoms with van der Waals surface area (Å²) < 4.78 is 0. The molecule has 0 saturated carbocycles. The fourth-order valence-corrected chi connectivity index (χ4v) is 5.31. The minimum Gasteiger partial charge on any atom is -0.261 e. The first kappa shape index (κ1) is 12.6. The molecular weight excluding hydrogens is 266 g/mol. The minimum absolute atomic E-state index is 0.0333. The number of hydrogen-bond donors (Lipinski definition) is 0. The van der Waals surface area contributed by atoms with Crippen molar-refractivity contribution < 1.29 is 0 Å². The van der Waals surface area contributed by atoms with Crippen LogP contribution in [0.4, 0.5) is 0 Å². The first-order chi connectivity index (χ1) is 10.7. The molecule has 1 heterocycles. The normalized spacial score (nSPS) is 37.7. The maximum Gasteiger partial charge on any atom is 0.0699 e. The summed E-state index contributed by atoms with van der Waals surface area (Å²) in [4.78, 5) is 4.86. The lowest BCUT2D eigenvalue weighted by molar-refractivity contribution is 0.234. The third-order valence-corrected chi connectivity index (χ3v) is 6.60. The Labute approximate surface area is 132 Å². The first-order valence-electron chi connectivity index (χ1n) is 8.44. The lowest BCUT2D eigenvalue weighted by atomic mass is 9.44. The van der Waals surface area contributed by atoms with Crippen LogP contribution in [0.2, 0.25) is 0 Å². The van der Waals surface area contributed by atoms with Crippen LogP contribution < -0.4 is 0 Å². The van der Waals surface area contributed by atoms with Crippen molar-refractivity contribution >= 4 is 6.21 Å². The highest BCUT2D eigenvalue weighted by Gasteiger charge is 2.59. The highest BCUT2D eigenvalue weighted by molar-refractivity contribution is 5.74. The van der Waals surface area contributed by atoms with E-state index in [0.717, 1.165) is 25.7 Å². The molecule has 5 aliphatic rings. The van der Waals surface area contributed by atoms with Crippen LogP contribution >= 0.6 is 0 Å². The summed E-state index contributed by atoms with van der Waals surface area (Å²) in [5, 5.41) is 0. The van der Waals surface area contributed by atoms with Crippen LogP contribution in [0.1, 0.15) is 39.5 Å². The molecule has 1 nitrogen and oxygen atoms in total. The van der Waals surface area contributed by atoms with Gasteiger partial charge in [0.25, 0.3) is 0 Å². The zero-order chi connectivity index (χ0) is 14.9. The van der Waals surface area contributed by atoms with Gasteiger partial charge in [0.15, 0.2) is 0 Å². The van der Waals surface area contributed by atoms with Gasteiger partial charge in [-0.25, -0.2) is 0 Å². The van der Waals surface area contributed by atoms with E-state index in [9.17, 15) is 0 Å². The summed E-state index contributed by atoms with van der Waals surface area (Å²) in [7, 11) is 0. The smallest absolute Gasteiger partial charge is 0.0699 e. The van der Waals surface area contributed by atoms with Gasteiger partial charge in [0.2, 0.25) is 0 Å². The van der Waals surface area contributed by atoms with Gasteiger partial charge in [0.1, 0.15) is 0 Å². The molecular formula is C21H21N. The molecule has 2 atom stereocenters. The Morgan fingerprint density at radius 1 is 0.864 bits per heavy atom. The van der Waals surface area contributed by atoms with Crippen molar-refractivity contribution in [2.24, 2.45) is 15.8 Å². The number of nitrogens with zero attached hydrogens (tertiary/aromatic N) is 1. The average Bonchev–Trinajstić information content (AvgIpc) is 2.54. The van der Waals surface area contributed by atoms with Crippen molar-refractivity contribution in [3.8, 4) is 0 Å². The van der Waals surface area contributed by atoms with Crippen LogP contribution in [0.3, 0.4) is 0 Å². The molecule has 0 aromatic heterocycles. The molecule has 0 unspecified atom stereocenters. The van der Waals surface area contributed by atoms with Crippen LogP contribution in [0.25, 0.3) is 0 Å². The Bertz CT molecular complexity index is 809. The second kappa shape index (κ2) is 3.90. The van der Waals surface area contributed by atoms with Crippen molar-refractivity contribution in [1.82, 2.24) is 0 Å². The predicted octanol–water partition coefficient (Wildman–Crippen LogP) is 5.21. The molecule has 0 fully saturated rings. The molecule has 0 amide bonds. The first-order valence-corrected chi connectivity index (χ1v) is 8.44. The van der Waals surface area contributed by atoms with Gasteiger partial charge in [0.05, 0.1) is 5.70 Å². The van der Waals surface area contributed by atoms with Gasteiger partial charge in [-0.15, -0.1) is 0 Å². The van der Waals surface area contributed by atoms with Crippen molar-refractivity contribution in [2.45, 2.75) is 39.5 Å². The highest BCUT2D eigenvalue weighted by atomic mass is 14.8. The molecule has 5 rings (SSSR count). The molecule has 0 saturated heterocycles. The molecule has 0 spiro atoms. The second-order valence-corrected chi connectivity index (χ2v) is 7.29. The number of aliphatic imine (C=N–C) groups is 1. The van der Waals surface area contributed by atoms with Gasteiger partial charge in [-0.3, -0.25) is 4.99 Å². The van der Waals surface area contributed by atoms with Crippen LogP contribution in [0.5, 0.6) is 0 Å². The summed E-state index contributed by atoms with van der Waals surface area (Å²) in [5.41, 5.74) is 8.88. The summed E-state index contributed by atoms with van der Waals surface area (Å²) in [6.07, 6.45) is 20.9. The predicted molar refractivity (Wildman–Crippen MR) is 91.7 cm³/mol. The molecule has 0 N–H and O–H groups in total. The number of rotatable bonds is 0. The third kappa shape index (κ3) is 1.18. The fraction of sp³-hybridized carbons (Fsp3) is 0.381. The molecule has 0 aromatic carbocycles. The van der Waals surface area contributed by atoms with Gasteiger partial charge < -0.3 is 0 Å². The van der Waals surface area contributed by atoms with E-state index in [-0.39, 0.29) is 10.8 Å². The van der Waals surface area contributed by atoms with Gasteiger partial charge in [-0.2, -0.15) is 0 Å². The van der Waals surface area contributed by atoms with E-state index in [0.29, 0.717) is 0 Å². The standard InChI is InChI=1S/C21H21N/c1-20-14-6-3-9-17(20)16-8-5-13-22-19(16)18-10-4-7-15(12-11-14)21(18,20)2/h6-7,9-13H,3-5,8H2,1-2H3/t20-,21-/m1/s1. The second-order valence-electron chi connectivity index (χ2n) is 7.29. The molecule has 0 bridgehead atoms. The van der Waals surface area contributed by atoms with E-state index in [2.05, 4.69) is 56.5 Å². The molecule has 0 radical (unpaired) electrons. The summed E-state index contributed by atoms with van der Waals surface area (Å²) in [5.74, 6) is 0. The Hall–Kier alpha value is -1.89. The maximum absolute atomic E-state index is 4.86. The Kier molecular flexibility index (Phi) is 2.24. The van der Waals surface area contributed by atoms with Crippen LogP contribution in [-0.4, -0.2) is 6.21 Å². The van der Waals surface area contributed by atoms with Gasteiger partial charge >= 0.3 is 0 Å². The van der Waals surface area contributed by atoms with Crippen molar-refractivity contribution in [3.63, 3.8) is 0 Å². The fourth-order valence-electron chi connectivity index (χ4n) is 5.31. The highest BCUT2D eigenvalue weighted by Crippen LogP contribution is 2.68. The van der Waals surface area contributed by atoms with Crippen LogP contribution in [-0.2, 0) is 0 Å². The van der Waals surface area contributed by atoms with Gasteiger partial charge in [-0.05, 0) is 53.5 Å². The lowest BCUT2D eigenvalue weighted by Crippen LogP contribution is -2.49. The zero-order valence-corrected chi connectivity index (χ0v) is 13.3. The molecule has 22 heavy (non-hydrogen) atoms. The molecule has 0 aromatic rings. The van der Waals surface area contributed by atoms with Crippen molar-refractivity contribution in [2.75, 3.05) is 0 Å². The van der Waals surface area contributed by atoms with E-state index < -0.39 is 0 Å². The summed E-state index contributed by atoms with van der Waals surface area (Å²) in [6, 6.07) is 0. The van der Waals surface area contributed by atoms with E-state index in [4.69, 9.17) is 4.99 Å². The van der Waals surface area contributed by atoms with Crippen LogP contribution in [0.15, 0.2) is 75.0 Å². The minimum atomic E-state index is 0.0333. The molecule has 4 aliphatic carbocycles. The molecule has 110 valence electrons. The maximum atomic E-state index is 4.86. The van der Waals surface area contributed by atoms with E-state index in [1.165, 1.54) is 28.0 Å². The Morgan fingerprint density at radius 2 is 1.50 bits per heavy atom. The van der Waals surface area contributed by atoms with Gasteiger partial charge in [0, 0.05) is 17.0 Å². The number of hydrogen-bond acceptors (Lipinski definition) is 1. The quantitative estimate of drug-likeness (QED) is 0.579. The van der Waals surface area contributed by atoms with Gasteiger partial charge in [-0.1, -0.05) is 50.3 Å². The largest absolute Gasteiger partial charge is 0.261 e. The summed E-state index contributed by atoms with van der Waals surface area (Å²) in [6.45, 7) is 4.90. The van der Waals surface area contributed by atoms with Crippen molar-refractivity contribution in [1.29, 1.82) is 0 Å². The average molecular weight is 287 g/mol. The van der Waals surface area contributed by atoms with Crippen LogP contribution in [0, 0.1) is 10.8 Å². The molecule has 1 aliphatic heterocycles. The summed E-state index contributed by atoms with van der Waals surface area (Å²) >= 11 is 0. The Balaban J connectivity index is 1.92.